The monoisotopic (exact) mass is 332 g/mol. The largest absolute Gasteiger partial charge is 0.497 e. The molecule has 0 aliphatic rings. The summed E-state index contributed by atoms with van der Waals surface area (Å²) in [6, 6.07) is 8.15. The Kier molecular flexibility index (Phi) is 6.87. The molecule has 1 aromatic carbocycles. The van der Waals surface area contributed by atoms with E-state index >= 15 is 0 Å². The molecule has 0 radical (unpaired) electrons. The number of aromatic nitrogens is 1. The Balaban J connectivity index is 1.85. The predicted molar refractivity (Wildman–Crippen MR) is 96.4 cm³/mol. The molecule has 0 aliphatic carbocycles. The fraction of sp³-hybridized carbons (Fsp3) is 0.412. The van der Waals surface area contributed by atoms with Crippen molar-refractivity contribution in [3.63, 3.8) is 0 Å². The fourth-order valence-electron chi connectivity index (χ4n) is 2.09. The van der Waals surface area contributed by atoms with E-state index in [-0.39, 0.29) is 0 Å². The van der Waals surface area contributed by atoms with Crippen molar-refractivity contribution in [3.05, 3.63) is 45.9 Å². The first-order valence-corrected chi connectivity index (χ1v) is 8.65. The lowest BCUT2D eigenvalue weighted by Crippen LogP contribution is -2.38. The second-order valence-corrected chi connectivity index (χ2v) is 6.02. The van der Waals surface area contributed by atoms with Crippen LogP contribution in [-0.4, -0.2) is 31.1 Å². The first-order valence-electron chi connectivity index (χ1n) is 7.77. The molecule has 0 amide bonds. The van der Waals surface area contributed by atoms with Crippen molar-refractivity contribution in [3.8, 4) is 5.75 Å². The maximum Gasteiger partial charge on any atom is 0.191 e. The second kappa shape index (κ2) is 9.15. The number of rotatable bonds is 7. The molecule has 5 nitrogen and oxygen atoms in total. The number of hydrogen-bond acceptors (Lipinski definition) is 4. The van der Waals surface area contributed by atoms with Crippen molar-refractivity contribution in [1.29, 1.82) is 0 Å². The van der Waals surface area contributed by atoms with Gasteiger partial charge in [-0.15, -0.1) is 11.3 Å². The second-order valence-electron chi connectivity index (χ2n) is 5.08. The molecule has 124 valence electrons. The number of nitrogens with one attached hydrogen (secondary N) is 2. The first kappa shape index (κ1) is 17.3. The number of hydrogen-bond donors (Lipinski definition) is 2. The van der Waals surface area contributed by atoms with E-state index in [1.165, 1.54) is 10.4 Å². The SMILES string of the molecule is CCNC(=NCc1scnc1C)NCCc1ccc(OC)cc1. The molecular weight excluding hydrogens is 308 g/mol. The summed E-state index contributed by atoms with van der Waals surface area (Å²) in [7, 11) is 1.68. The van der Waals surface area contributed by atoms with Crippen LogP contribution in [0, 0.1) is 6.92 Å². The van der Waals surface area contributed by atoms with E-state index in [0.717, 1.165) is 36.9 Å². The summed E-state index contributed by atoms with van der Waals surface area (Å²) < 4.78 is 5.17. The van der Waals surface area contributed by atoms with E-state index in [9.17, 15) is 0 Å². The highest BCUT2D eigenvalue weighted by molar-refractivity contribution is 7.09. The molecule has 0 saturated carbocycles. The Labute approximate surface area is 141 Å². The van der Waals surface area contributed by atoms with Gasteiger partial charge in [-0.05, 0) is 38.0 Å². The zero-order valence-electron chi connectivity index (χ0n) is 13.9. The van der Waals surface area contributed by atoms with Crippen molar-refractivity contribution < 1.29 is 4.74 Å². The van der Waals surface area contributed by atoms with Crippen LogP contribution in [0.5, 0.6) is 5.75 Å². The molecule has 6 heteroatoms. The lowest BCUT2D eigenvalue weighted by molar-refractivity contribution is 0.414. The number of nitrogens with zero attached hydrogens (tertiary/aromatic N) is 2. The van der Waals surface area contributed by atoms with Gasteiger partial charge in [0, 0.05) is 18.0 Å². The summed E-state index contributed by atoms with van der Waals surface area (Å²) in [6.07, 6.45) is 0.938. The van der Waals surface area contributed by atoms with Crippen molar-refractivity contribution in [2.75, 3.05) is 20.2 Å². The van der Waals surface area contributed by atoms with E-state index in [4.69, 9.17) is 4.74 Å². The summed E-state index contributed by atoms with van der Waals surface area (Å²) in [5.41, 5.74) is 4.20. The molecule has 0 spiro atoms. The third kappa shape index (κ3) is 5.56. The van der Waals surface area contributed by atoms with Crippen molar-refractivity contribution >= 4 is 17.3 Å². The van der Waals surface area contributed by atoms with Gasteiger partial charge in [0.15, 0.2) is 5.96 Å². The maximum atomic E-state index is 5.17. The topological polar surface area (TPSA) is 58.5 Å². The third-order valence-corrected chi connectivity index (χ3v) is 4.35. The summed E-state index contributed by atoms with van der Waals surface area (Å²) in [4.78, 5) is 10.1. The number of guanidine groups is 1. The molecule has 0 atom stereocenters. The van der Waals surface area contributed by atoms with Crippen LogP contribution in [0.3, 0.4) is 0 Å². The van der Waals surface area contributed by atoms with Gasteiger partial charge in [-0.2, -0.15) is 0 Å². The van der Waals surface area contributed by atoms with Crippen LogP contribution in [0.1, 0.15) is 23.1 Å². The molecule has 0 aliphatic heterocycles. The van der Waals surface area contributed by atoms with Gasteiger partial charge in [0.1, 0.15) is 5.75 Å². The molecule has 0 bridgehead atoms. The van der Waals surface area contributed by atoms with Crippen LogP contribution in [0.15, 0.2) is 34.8 Å². The number of ether oxygens (including phenoxy) is 1. The lowest BCUT2D eigenvalue weighted by Gasteiger charge is -2.11. The molecule has 0 saturated heterocycles. The van der Waals surface area contributed by atoms with E-state index < -0.39 is 0 Å². The Hall–Kier alpha value is -2.08. The van der Waals surface area contributed by atoms with Crippen LogP contribution in [0.25, 0.3) is 0 Å². The van der Waals surface area contributed by atoms with Crippen LogP contribution < -0.4 is 15.4 Å². The van der Waals surface area contributed by atoms with Crippen molar-refractivity contribution in [2.24, 2.45) is 4.99 Å². The highest BCUT2D eigenvalue weighted by atomic mass is 32.1. The van der Waals surface area contributed by atoms with Gasteiger partial charge in [-0.25, -0.2) is 9.98 Å². The standard InChI is InChI=1S/C17H24N4OS/c1-4-18-17(20-11-16-13(2)21-12-23-16)19-10-9-14-5-7-15(22-3)8-6-14/h5-8,12H,4,9-11H2,1-3H3,(H2,18,19,20). The number of aryl methyl sites for hydroxylation is 1. The Morgan fingerprint density at radius 2 is 2.04 bits per heavy atom. The molecule has 1 aromatic heterocycles. The van der Waals surface area contributed by atoms with Crippen molar-refractivity contribution in [2.45, 2.75) is 26.8 Å². The average molecular weight is 332 g/mol. The molecule has 2 rings (SSSR count). The molecule has 0 fully saturated rings. The zero-order valence-corrected chi connectivity index (χ0v) is 14.7. The summed E-state index contributed by atoms with van der Waals surface area (Å²) in [5, 5.41) is 6.64. The van der Waals surface area contributed by atoms with Gasteiger partial charge < -0.3 is 15.4 Å². The van der Waals surface area contributed by atoms with Crippen LogP contribution in [-0.2, 0) is 13.0 Å². The summed E-state index contributed by atoms with van der Waals surface area (Å²) in [6.45, 7) is 6.42. The molecule has 0 unspecified atom stereocenters. The Morgan fingerprint density at radius 1 is 1.26 bits per heavy atom. The van der Waals surface area contributed by atoms with Gasteiger partial charge in [-0.1, -0.05) is 12.1 Å². The van der Waals surface area contributed by atoms with Crippen LogP contribution >= 0.6 is 11.3 Å². The van der Waals surface area contributed by atoms with Gasteiger partial charge in [-0.3, -0.25) is 0 Å². The third-order valence-electron chi connectivity index (χ3n) is 3.44. The Morgan fingerprint density at radius 3 is 2.65 bits per heavy atom. The van der Waals surface area contributed by atoms with Gasteiger partial charge in [0.2, 0.25) is 0 Å². The van der Waals surface area contributed by atoms with Gasteiger partial charge in [0.25, 0.3) is 0 Å². The van der Waals surface area contributed by atoms with Crippen molar-refractivity contribution in [1.82, 2.24) is 15.6 Å². The molecule has 2 N–H and O–H groups in total. The molecular formula is C17H24N4OS. The van der Waals surface area contributed by atoms with Crippen LogP contribution in [0.2, 0.25) is 0 Å². The van der Waals surface area contributed by atoms with Gasteiger partial charge >= 0.3 is 0 Å². The molecule has 1 heterocycles. The van der Waals surface area contributed by atoms with Crippen LogP contribution in [0.4, 0.5) is 0 Å². The van der Waals surface area contributed by atoms with Gasteiger partial charge in [0.05, 0.1) is 24.9 Å². The zero-order chi connectivity index (χ0) is 16.5. The summed E-state index contributed by atoms with van der Waals surface area (Å²) >= 11 is 1.65. The Bertz CT molecular complexity index is 622. The highest BCUT2D eigenvalue weighted by Gasteiger charge is 2.02. The first-order chi connectivity index (χ1) is 11.2. The predicted octanol–water partition coefficient (Wildman–Crippen LogP) is 2.76. The minimum Gasteiger partial charge on any atom is -0.497 e. The van der Waals surface area contributed by atoms with E-state index in [1.807, 2.05) is 24.6 Å². The normalized spacial score (nSPS) is 11.3. The number of aliphatic imine (C=N–C) groups is 1. The number of methoxy groups -OCH3 is 1. The maximum absolute atomic E-state index is 5.17. The van der Waals surface area contributed by atoms with E-state index in [2.05, 4.69) is 39.7 Å². The minimum atomic E-state index is 0.661. The quantitative estimate of drug-likeness (QED) is 0.605. The summed E-state index contributed by atoms with van der Waals surface area (Å²) in [5.74, 6) is 1.73. The smallest absolute Gasteiger partial charge is 0.191 e. The lowest BCUT2D eigenvalue weighted by atomic mass is 10.1. The molecule has 23 heavy (non-hydrogen) atoms. The van der Waals surface area contributed by atoms with E-state index in [0.29, 0.717) is 6.54 Å². The number of thiazole rings is 1. The highest BCUT2D eigenvalue weighted by Crippen LogP contribution is 2.13. The average Bonchev–Trinajstić information content (AvgIpc) is 2.98. The van der Waals surface area contributed by atoms with E-state index in [1.54, 1.807) is 18.4 Å². The minimum absolute atomic E-state index is 0.661. The number of benzene rings is 1. The molecule has 2 aromatic rings. The fourth-order valence-corrected chi connectivity index (χ4v) is 2.79.